The van der Waals surface area contributed by atoms with Gasteiger partial charge in [-0.15, -0.1) is 0 Å². The largest absolute Gasteiger partial charge is 0.465 e. The second kappa shape index (κ2) is 8.15. The fourth-order valence-corrected chi connectivity index (χ4v) is 3.05. The summed E-state index contributed by atoms with van der Waals surface area (Å²) < 4.78 is 0. The number of nitrogens with zero attached hydrogens (tertiary/aromatic N) is 2. The van der Waals surface area contributed by atoms with Crippen LogP contribution in [0.1, 0.15) is 37.8 Å². The van der Waals surface area contributed by atoms with Crippen LogP contribution in [0.25, 0.3) is 0 Å². The molecule has 1 aliphatic heterocycles. The van der Waals surface area contributed by atoms with Gasteiger partial charge in [0, 0.05) is 25.2 Å². The van der Waals surface area contributed by atoms with Gasteiger partial charge in [0.15, 0.2) is 0 Å². The number of carboxylic acid groups (broad SMARTS) is 1. The molecule has 6 nitrogen and oxygen atoms in total. The summed E-state index contributed by atoms with van der Waals surface area (Å²) in [6.07, 6.45) is 1.44. The van der Waals surface area contributed by atoms with E-state index in [0.717, 1.165) is 24.1 Å². The van der Waals surface area contributed by atoms with Crippen LogP contribution in [0.4, 0.5) is 10.5 Å². The van der Waals surface area contributed by atoms with Crippen LogP contribution >= 0.6 is 0 Å². The highest BCUT2D eigenvalue weighted by molar-refractivity contribution is 5.90. The fourth-order valence-electron chi connectivity index (χ4n) is 3.05. The molecule has 132 valence electrons. The van der Waals surface area contributed by atoms with Crippen LogP contribution in [0.15, 0.2) is 24.3 Å². The number of nitrogens with one attached hydrogen (secondary N) is 1. The third-order valence-corrected chi connectivity index (χ3v) is 4.43. The van der Waals surface area contributed by atoms with Crippen LogP contribution in [-0.2, 0) is 4.79 Å². The molecule has 1 saturated heterocycles. The van der Waals surface area contributed by atoms with Crippen LogP contribution in [0.5, 0.6) is 0 Å². The fraction of sp³-hybridized carbons (Fsp3) is 0.556. The van der Waals surface area contributed by atoms with Gasteiger partial charge in [0.2, 0.25) is 5.91 Å². The Balaban J connectivity index is 2.00. The molecular weight excluding hydrogens is 306 g/mol. The summed E-state index contributed by atoms with van der Waals surface area (Å²) in [6.45, 7) is 3.36. The number of carbonyl (C=O) groups is 2. The van der Waals surface area contributed by atoms with E-state index in [-0.39, 0.29) is 11.9 Å². The zero-order valence-corrected chi connectivity index (χ0v) is 14.7. The normalized spacial score (nSPS) is 20.9. The zero-order chi connectivity index (χ0) is 17.7. The quantitative estimate of drug-likeness (QED) is 0.869. The molecule has 2 amide bonds. The van der Waals surface area contributed by atoms with E-state index in [2.05, 4.69) is 12.2 Å². The molecule has 2 N–H and O–H groups in total. The first-order valence-electron chi connectivity index (χ1n) is 8.41. The number of carbonyl (C=O) groups excluding carboxylic acids is 1. The van der Waals surface area contributed by atoms with Crippen LogP contribution in [0.3, 0.4) is 0 Å². The first kappa shape index (κ1) is 18.3. The van der Waals surface area contributed by atoms with Crippen LogP contribution in [0.2, 0.25) is 0 Å². The molecule has 0 unspecified atom stereocenters. The van der Waals surface area contributed by atoms with Gasteiger partial charge in [-0.25, -0.2) is 4.79 Å². The molecule has 1 aromatic rings. The lowest BCUT2D eigenvalue weighted by molar-refractivity contribution is -0.116. The summed E-state index contributed by atoms with van der Waals surface area (Å²) in [5.41, 5.74) is 1.73. The summed E-state index contributed by atoms with van der Waals surface area (Å²) in [4.78, 5) is 26.8. The Kier molecular flexibility index (Phi) is 6.20. The van der Waals surface area contributed by atoms with Crippen molar-refractivity contribution in [1.29, 1.82) is 0 Å². The van der Waals surface area contributed by atoms with E-state index >= 15 is 0 Å². The van der Waals surface area contributed by atoms with E-state index in [9.17, 15) is 14.7 Å². The van der Waals surface area contributed by atoms with E-state index in [4.69, 9.17) is 0 Å². The van der Waals surface area contributed by atoms with Gasteiger partial charge < -0.3 is 20.2 Å². The van der Waals surface area contributed by atoms with Crippen LogP contribution < -0.4 is 5.32 Å². The maximum atomic E-state index is 11.9. The number of benzene rings is 1. The Morgan fingerprint density at radius 3 is 2.50 bits per heavy atom. The molecule has 2 rings (SSSR count). The maximum absolute atomic E-state index is 11.9. The van der Waals surface area contributed by atoms with Crippen molar-refractivity contribution in [3.05, 3.63) is 29.8 Å². The van der Waals surface area contributed by atoms with Gasteiger partial charge in [-0.2, -0.15) is 0 Å². The van der Waals surface area contributed by atoms with Gasteiger partial charge >= 0.3 is 6.09 Å². The summed E-state index contributed by atoms with van der Waals surface area (Å²) in [7, 11) is 3.86. The van der Waals surface area contributed by atoms with E-state index in [1.54, 1.807) is 0 Å². The highest BCUT2D eigenvalue weighted by Crippen LogP contribution is 2.33. The number of hydrogen-bond donors (Lipinski definition) is 2. The Morgan fingerprint density at radius 2 is 1.92 bits per heavy atom. The maximum Gasteiger partial charge on any atom is 0.407 e. The predicted octanol–water partition coefficient (Wildman–Crippen LogP) is 3.03. The third kappa shape index (κ3) is 4.96. The Labute approximate surface area is 143 Å². The molecule has 0 aliphatic carbocycles. The van der Waals surface area contributed by atoms with E-state index in [0.29, 0.717) is 25.4 Å². The number of anilines is 1. The monoisotopic (exact) mass is 333 g/mol. The van der Waals surface area contributed by atoms with Gasteiger partial charge in [0.1, 0.15) is 0 Å². The van der Waals surface area contributed by atoms with Crippen LogP contribution in [-0.4, -0.2) is 54.1 Å². The molecule has 6 heteroatoms. The van der Waals surface area contributed by atoms with Gasteiger partial charge in [-0.3, -0.25) is 4.79 Å². The molecule has 24 heavy (non-hydrogen) atoms. The molecule has 1 fully saturated rings. The summed E-state index contributed by atoms with van der Waals surface area (Å²) in [5, 5.41) is 12.3. The van der Waals surface area contributed by atoms with Crippen molar-refractivity contribution >= 4 is 17.7 Å². The second-order valence-electron chi connectivity index (χ2n) is 6.86. The second-order valence-corrected chi connectivity index (χ2v) is 6.86. The van der Waals surface area contributed by atoms with Crippen molar-refractivity contribution in [2.24, 2.45) is 5.92 Å². The van der Waals surface area contributed by atoms with Crippen molar-refractivity contribution < 1.29 is 14.7 Å². The summed E-state index contributed by atoms with van der Waals surface area (Å²) >= 11 is 0. The molecule has 0 bridgehead atoms. The van der Waals surface area contributed by atoms with Crippen molar-refractivity contribution in [2.45, 2.75) is 32.2 Å². The van der Waals surface area contributed by atoms with Crippen molar-refractivity contribution in [1.82, 2.24) is 9.80 Å². The topological polar surface area (TPSA) is 72.9 Å². The van der Waals surface area contributed by atoms with Gasteiger partial charge in [-0.05, 0) is 50.6 Å². The Bertz CT molecular complexity index is 571. The minimum Gasteiger partial charge on any atom is -0.465 e. The number of likely N-dealkylation sites (tertiary alicyclic amines) is 1. The Hall–Kier alpha value is -2.08. The minimum atomic E-state index is -0.868. The molecule has 1 aromatic carbocycles. The lowest BCUT2D eigenvalue weighted by Gasteiger charge is -2.37. The van der Waals surface area contributed by atoms with Crippen molar-refractivity contribution in [3.63, 3.8) is 0 Å². The first-order valence-corrected chi connectivity index (χ1v) is 8.41. The average Bonchev–Trinajstić information content (AvgIpc) is 2.53. The standard InChI is InChI=1S/C18H27N3O3/c1-13-4-9-16(21(12-13)18(23)24)14-5-7-15(8-6-14)19-17(22)10-11-20(2)3/h5-8,13,16H,4,9-12H2,1-3H3,(H,19,22)(H,23,24)/t13-,16+/m0/s1. The van der Waals surface area contributed by atoms with Gasteiger partial charge in [-0.1, -0.05) is 19.1 Å². The van der Waals surface area contributed by atoms with Crippen molar-refractivity contribution in [3.8, 4) is 0 Å². The number of hydrogen-bond acceptors (Lipinski definition) is 3. The zero-order valence-electron chi connectivity index (χ0n) is 14.7. The number of rotatable bonds is 5. The molecule has 1 heterocycles. The Morgan fingerprint density at radius 1 is 1.25 bits per heavy atom. The number of amides is 2. The highest BCUT2D eigenvalue weighted by Gasteiger charge is 2.30. The van der Waals surface area contributed by atoms with Crippen LogP contribution in [0, 0.1) is 5.92 Å². The third-order valence-electron chi connectivity index (χ3n) is 4.43. The first-order chi connectivity index (χ1) is 11.4. The van der Waals surface area contributed by atoms with E-state index in [1.165, 1.54) is 4.90 Å². The SMILES string of the molecule is C[C@H]1CC[C@H](c2ccc(NC(=O)CCN(C)C)cc2)N(C(=O)O)C1. The molecule has 0 saturated carbocycles. The lowest BCUT2D eigenvalue weighted by Crippen LogP contribution is -2.40. The summed E-state index contributed by atoms with van der Waals surface area (Å²) in [6, 6.07) is 7.43. The molecule has 0 aromatic heterocycles. The smallest absolute Gasteiger partial charge is 0.407 e. The van der Waals surface area contributed by atoms with Crippen molar-refractivity contribution in [2.75, 3.05) is 32.5 Å². The van der Waals surface area contributed by atoms with E-state index in [1.807, 2.05) is 43.3 Å². The average molecular weight is 333 g/mol. The highest BCUT2D eigenvalue weighted by atomic mass is 16.4. The molecule has 0 radical (unpaired) electrons. The van der Waals surface area contributed by atoms with Gasteiger partial charge in [0.25, 0.3) is 0 Å². The molecular formula is C18H27N3O3. The van der Waals surface area contributed by atoms with Gasteiger partial charge in [0.05, 0.1) is 6.04 Å². The molecule has 2 atom stereocenters. The lowest BCUT2D eigenvalue weighted by atomic mass is 9.90. The minimum absolute atomic E-state index is 0.0184. The summed E-state index contributed by atoms with van der Waals surface area (Å²) in [5.74, 6) is 0.378. The molecule has 1 aliphatic rings. The van der Waals surface area contributed by atoms with E-state index < -0.39 is 6.09 Å². The number of piperidine rings is 1. The molecule has 0 spiro atoms. The predicted molar refractivity (Wildman–Crippen MR) is 94.1 cm³/mol.